The number of amides is 1. The molecule has 2 aromatic carbocycles. The first-order valence-electron chi connectivity index (χ1n) is 8.70. The van der Waals surface area contributed by atoms with Crippen molar-refractivity contribution in [3.05, 3.63) is 53.5 Å². The lowest BCUT2D eigenvalue weighted by Crippen LogP contribution is -2.30. The molecule has 1 saturated heterocycles. The summed E-state index contributed by atoms with van der Waals surface area (Å²) in [7, 11) is -3.63. The smallest absolute Gasteiger partial charge is 0.243 e. The molecule has 140 valence electrons. The zero-order chi connectivity index (χ0) is 19.0. The van der Waals surface area contributed by atoms with Gasteiger partial charge in [-0.15, -0.1) is 11.3 Å². The number of benzene rings is 2. The van der Waals surface area contributed by atoms with Crippen LogP contribution in [0.15, 0.2) is 53.4 Å². The lowest BCUT2D eigenvalue weighted by atomic mass is 10.2. The number of carbonyl (C=O) groups is 1. The normalized spacial score (nSPS) is 18.0. The van der Waals surface area contributed by atoms with Gasteiger partial charge < -0.3 is 5.32 Å². The van der Waals surface area contributed by atoms with Gasteiger partial charge in [0.2, 0.25) is 15.9 Å². The zero-order valence-corrected chi connectivity index (χ0v) is 16.4. The maximum absolute atomic E-state index is 13.2. The van der Waals surface area contributed by atoms with Gasteiger partial charge in [0.25, 0.3) is 0 Å². The van der Waals surface area contributed by atoms with Crippen LogP contribution >= 0.6 is 11.3 Å². The Kier molecular flexibility index (Phi) is 4.71. The second-order valence-corrected chi connectivity index (χ2v) is 9.45. The van der Waals surface area contributed by atoms with Gasteiger partial charge in [0, 0.05) is 19.2 Å². The molecule has 1 aliphatic heterocycles. The second kappa shape index (κ2) is 7.03. The van der Waals surface area contributed by atoms with Gasteiger partial charge in [-0.3, -0.25) is 4.79 Å². The second-order valence-electron chi connectivity index (χ2n) is 6.50. The van der Waals surface area contributed by atoms with E-state index in [4.69, 9.17) is 0 Å². The van der Waals surface area contributed by atoms with Crippen molar-refractivity contribution in [1.29, 1.82) is 0 Å². The maximum Gasteiger partial charge on any atom is 0.243 e. The number of sulfonamides is 1. The number of hydrogen-bond donors (Lipinski definition) is 1. The molecular formula is C19H19N3O3S2. The minimum atomic E-state index is -3.63. The number of nitrogens with zero attached hydrogens (tertiary/aromatic N) is 2. The van der Waals surface area contributed by atoms with E-state index in [1.54, 1.807) is 27.8 Å². The van der Waals surface area contributed by atoms with Crippen molar-refractivity contribution in [1.82, 2.24) is 9.29 Å². The van der Waals surface area contributed by atoms with Gasteiger partial charge in [0.1, 0.15) is 5.01 Å². The molecule has 0 aliphatic carbocycles. The van der Waals surface area contributed by atoms with Gasteiger partial charge in [0.05, 0.1) is 21.2 Å². The van der Waals surface area contributed by atoms with Gasteiger partial charge in [-0.25, -0.2) is 13.4 Å². The molecule has 8 heteroatoms. The van der Waals surface area contributed by atoms with E-state index in [9.17, 15) is 13.2 Å². The van der Waals surface area contributed by atoms with Gasteiger partial charge >= 0.3 is 0 Å². The highest BCUT2D eigenvalue weighted by Gasteiger charge is 2.37. The Bertz CT molecular complexity index is 1060. The van der Waals surface area contributed by atoms with Crippen LogP contribution in [0.1, 0.15) is 30.8 Å². The SMILES string of the molecule is CC(=O)Nc1ccc(S(=O)(=O)N2CCCC2c2nc3ccccc3s2)cc1. The van der Waals surface area contributed by atoms with Crippen LogP contribution in [0.5, 0.6) is 0 Å². The van der Waals surface area contributed by atoms with Crippen molar-refractivity contribution in [3.8, 4) is 0 Å². The largest absolute Gasteiger partial charge is 0.326 e. The molecular weight excluding hydrogens is 382 g/mol. The Morgan fingerprint density at radius 3 is 2.63 bits per heavy atom. The van der Waals surface area contributed by atoms with E-state index in [0.717, 1.165) is 28.1 Å². The third kappa shape index (κ3) is 3.47. The van der Waals surface area contributed by atoms with E-state index in [0.29, 0.717) is 12.2 Å². The molecule has 27 heavy (non-hydrogen) atoms. The zero-order valence-electron chi connectivity index (χ0n) is 14.8. The molecule has 1 fully saturated rings. The highest BCUT2D eigenvalue weighted by Crippen LogP contribution is 2.39. The minimum absolute atomic E-state index is 0.193. The van der Waals surface area contributed by atoms with Crippen molar-refractivity contribution < 1.29 is 13.2 Å². The van der Waals surface area contributed by atoms with Crippen molar-refractivity contribution in [3.63, 3.8) is 0 Å². The minimum Gasteiger partial charge on any atom is -0.326 e. The monoisotopic (exact) mass is 401 g/mol. The molecule has 2 heterocycles. The van der Waals surface area contributed by atoms with E-state index in [-0.39, 0.29) is 16.8 Å². The van der Waals surface area contributed by atoms with E-state index in [1.165, 1.54) is 19.1 Å². The fourth-order valence-electron chi connectivity index (χ4n) is 3.36. The van der Waals surface area contributed by atoms with Crippen LogP contribution in [-0.2, 0) is 14.8 Å². The molecule has 1 aliphatic rings. The first-order chi connectivity index (χ1) is 12.9. The molecule has 0 saturated carbocycles. The molecule has 1 N–H and O–H groups in total. The predicted octanol–water partition coefficient (Wildman–Crippen LogP) is 3.78. The first kappa shape index (κ1) is 18.1. The summed E-state index contributed by atoms with van der Waals surface area (Å²) in [5, 5.41) is 3.49. The van der Waals surface area contributed by atoms with Crippen molar-refractivity contribution in [2.45, 2.75) is 30.7 Å². The molecule has 1 aromatic heterocycles. The van der Waals surface area contributed by atoms with Crippen molar-refractivity contribution in [2.75, 3.05) is 11.9 Å². The summed E-state index contributed by atoms with van der Waals surface area (Å²) in [5.41, 5.74) is 1.48. The number of fused-ring (bicyclic) bond motifs is 1. The standard InChI is InChI=1S/C19H19N3O3S2/c1-13(23)20-14-8-10-15(11-9-14)27(24,25)22-12-4-6-17(22)19-21-16-5-2-3-7-18(16)26-19/h2-3,5,7-11,17H,4,6,12H2,1H3,(H,20,23). The molecule has 0 bridgehead atoms. The number of rotatable bonds is 4. The summed E-state index contributed by atoms with van der Waals surface area (Å²) in [6.07, 6.45) is 1.58. The molecule has 1 atom stereocenters. The summed E-state index contributed by atoms with van der Waals surface area (Å²) >= 11 is 1.55. The van der Waals surface area contributed by atoms with Crippen molar-refractivity contribution >= 4 is 43.2 Å². The van der Waals surface area contributed by atoms with E-state index >= 15 is 0 Å². The first-order valence-corrected chi connectivity index (χ1v) is 11.0. The third-order valence-electron chi connectivity index (χ3n) is 4.58. The van der Waals surface area contributed by atoms with Crippen LogP contribution in [0.4, 0.5) is 5.69 Å². The fourth-order valence-corrected chi connectivity index (χ4v) is 6.20. The highest BCUT2D eigenvalue weighted by molar-refractivity contribution is 7.89. The molecule has 4 rings (SSSR count). The van der Waals surface area contributed by atoms with E-state index < -0.39 is 10.0 Å². The van der Waals surface area contributed by atoms with Crippen molar-refractivity contribution in [2.24, 2.45) is 0 Å². The highest BCUT2D eigenvalue weighted by atomic mass is 32.2. The van der Waals surface area contributed by atoms with Crippen LogP contribution in [-0.4, -0.2) is 30.2 Å². The van der Waals surface area contributed by atoms with E-state index in [2.05, 4.69) is 10.3 Å². The summed E-state index contributed by atoms with van der Waals surface area (Å²) in [4.78, 5) is 16.0. The van der Waals surface area contributed by atoms with Gasteiger partial charge in [0.15, 0.2) is 0 Å². The summed E-state index contributed by atoms with van der Waals surface area (Å²) < 4.78 is 29.0. The number of aromatic nitrogens is 1. The van der Waals surface area contributed by atoms with Gasteiger partial charge in [-0.1, -0.05) is 12.1 Å². The Morgan fingerprint density at radius 1 is 1.19 bits per heavy atom. The molecule has 0 radical (unpaired) electrons. The summed E-state index contributed by atoms with van der Waals surface area (Å²) in [6.45, 7) is 1.90. The number of hydrogen-bond acceptors (Lipinski definition) is 5. The number of nitrogens with one attached hydrogen (secondary N) is 1. The van der Waals surface area contributed by atoms with Gasteiger partial charge in [-0.05, 0) is 49.2 Å². The predicted molar refractivity (Wildman–Crippen MR) is 106 cm³/mol. The fraction of sp³-hybridized carbons (Fsp3) is 0.263. The van der Waals surface area contributed by atoms with Crippen LogP contribution in [0.3, 0.4) is 0 Å². The number of anilines is 1. The van der Waals surface area contributed by atoms with Crippen LogP contribution < -0.4 is 5.32 Å². The maximum atomic E-state index is 13.2. The molecule has 0 spiro atoms. The quantitative estimate of drug-likeness (QED) is 0.721. The Labute approximate surface area is 161 Å². The number of carbonyl (C=O) groups excluding carboxylic acids is 1. The molecule has 1 unspecified atom stereocenters. The lowest BCUT2D eigenvalue weighted by Gasteiger charge is -2.22. The van der Waals surface area contributed by atoms with Gasteiger partial charge in [-0.2, -0.15) is 4.31 Å². The molecule has 3 aromatic rings. The van der Waals surface area contributed by atoms with Crippen LogP contribution in [0.25, 0.3) is 10.2 Å². The van der Waals surface area contributed by atoms with E-state index in [1.807, 2.05) is 24.3 Å². The Morgan fingerprint density at radius 2 is 1.93 bits per heavy atom. The average molecular weight is 402 g/mol. The number of para-hydroxylation sites is 1. The van der Waals surface area contributed by atoms with Crippen LogP contribution in [0, 0.1) is 0 Å². The average Bonchev–Trinajstić information content (AvgIpc) is 3.28. The Hall–Kier alpha value is -2.29. The number of thiazole rings is 1. The third-order valence-corrected chi connectivity index (χ3v) is 7.64. The lowest BCUT2D eigenvalue weighted by molar-refractivity contribution is -0.114. The summed E-state index contributed by atoms with van der Waals surface area (Å²) in [5.74, 6) is -0.193. The molecule has 1 amide bonds. The van der Waals surface area contributed by atoms with Crippen LogP contribution in [0.2, 0.25) is 0 Å². The Balaban J connectivity index is 1.64. The topological polar surface area (TPSA) is 79.4 Å². The summed E-state index contributed by atoms with van der Waals surface area (Å²) in [6, 6.07) is 13.9. The molecule has 6 nitrogen and oxygen atoms in total.